The van der Waals surface area contributed by atoms with Gasteiger partial charge in [-0.15, -0.1) is 0 Å². The van der Waals surface area contributed by atoms with Crippen LogP contribution in [0.25, 0.3) is 0 Å². The van der Waals surface area contributed by atoms with Crippen LogP contribution in [0.2, 0.25) is 0 Å². The van der Waals surface area contributed by atoms with Gasteiger partial charge in [0.1, 0.15) is 5.75 Å². The van der Waals surface area contributed by atoms with Gasteiger partial charge in [0.25, 0.3) is 0 Å². The Balaban J connectivity index is 1.54. The lowest BCUT2D eigenvalue weighted by molar-refractivity contribution is -0.144. The third-order valence-electron chi connectivity index (χ3n) is 5.77. The van der Waals surface area contributed by atoms with Gasteiger partial charge >= 0.3 is 0 Å². The Labute approximate surface area is 161 Å². The van der Waals surface area contributed by atoms with Gasteiger partial charge in [-0.2, -0.15) is 0 Å². The zero-order chi connectivity index (χ0) is 19.2. The normalized spacial score (nSPS) is 21.2. The maximum absolute atomic E-state index is 12.9. The second kappa shape index (κ2) is 9.22. The summed E-state index contributed by atoms with van der Waals surface area (Å²) in [5, 5.41) is 0. The van der Waals surface area contributed by atoms with Gasteiger partial charge in [0, 0.05) is 45.8 Å². The molecule has 6 nitrogen and oxygen atoms in total. The number of methoxy groups -OCH3 is 1. The van der Waals surface area contributed by atoms with Crippen molar-refractivity contribution in [2.75, 3.05) is 40.5 Å². The number of carbonyl (C=O) groups is 2. The first-order chi connectivity index (χ1) is 13.1. The summed E-state index contributed by atoms with van der Waals surface area (Å²) < 4.78 is 10.6. The van der Waals surface area contributed by atoms with Crippen molar-refractivity contribution in [2.45, 2.75) is 38.1 Å². The first-order valence-corrected chi connectivity index (χ1v) is 9.83. The van der Waals surface area contributed by atoms with E-state index in [0.717, 1.165) is 43.8 Å². The summed E-state index contributed by atoms with van der Waals surface area (Å²) in [6.07, 6.45) is 3.70. The molecule has 2 aliphatic heterocycles. The lowest BCUT2D eigenvalue weighted by Gasteiger charge is -2.37. The molecular formula is C21H30N2O4. The second-order valence-electron chi connectivity index (χ2n) is 7.47. The molecule has 0 spiro atoms. The van der Waals surface area contributed by atoms with Crippen LogP contribution in [-0.2, 0) is 20.7 Å². The summed E-state index contributed by atoms with van der Waals surface area (Å²) in [6, 6.07) is 8.17. The third kappa shape index (κ3) is 5.01. The van der Waals surface area contributed by atoms with Gasteiger partial charge in [0.05, 0.1) is 13.0 Å². The summed E-state index contributed by atoms with van der Waals surface area (Å²) >= 11 is 0. The van der Waals surface area contributed by atoms with Crippen LogP contribution in [0.15, 0.2) is 24.3 Å². The van der Waals surface area contributed by atoms with Crippen molar-refractivity contribution in [1.29, 1.82) is 0 Å². The number of piperidine rings is 1. The van der Waals surface area contributed by atoms with E-state index in [1.54, 1.807) is 7.11 Å². The molecule has 2 amide bonds. The van der Waals surface area contributed by atoms with Crippen molar-refractivity contribution in [3.63, 3.8) is 0 Å². The number of hydrogen-bond donors (Lipinski definition) is 0. The first-order valence-electron chi connectivity index (χ1n) is 9.83. The highest BCUT2D eigenvalue weighted by Crippen LogP contribution is 2.23. The lowest BCUT2D eigenvalue weighted by Crippen LogP contribution is -2.49. The van der Waals surface area contributed by atoms with Crippen LogP contribution in [0, 0.1) is 5.92 Å². The molecule has 0 aromatic heterocycles. The predicted molar refractivity (Wildman–Crippen MR) is 103 cm³/mol. The van der Waals surface area contributed by atoms with E-state index in [0.29, 0.717) is 25.9 Å². The Bertz CT molecular complexity index is 640. The van der Waals surface area contributed by atoms with Crippen molar-refractivity contribution >= 4 is 11.8 Å². The standard InChI is InChI=1S/C21H30N2O4/c1-22(18-10-13-27-14-11-18)21(25)17-5-8-20(24)23(15-17)12-9-16-3-6-19(26-2)7-4-16/h3-4,6-7,17-18H,5,8-15H2,1-2H3/t17-/m1/s1. The molecule has 1 aromatic carbocycles. The number of ether oxygens (including phenoxy) is 2. The Hall–Kier alpha value is -2.08. The maximum Gasteiger partial charge on any atom is 0.227 e. The molecule has 2 saturated heterocycles. The molecule has 148 valence electrons. The molecule has 3 rings (SSSR count). The first kappa shape index (κ1) is 19.7. The molecule has 6 heteroatoms. The van der Waals surface area contributed by atoms with E-state index in [4.69, 9.17) is 9.47 Å². The van der Waals surface area contributed by atoms with E-state index in [1.807, 2.05) is 41.1 Å². The van der Waals surface area contributed by atoms with E-state index >= 15 is 0 Å². The molecule has 1 aromatic rings. The van der Waals surface area contributed by atoms with Crippen LogP contribution >= 0.6 is 0 Å². The zero-order valence-corrected chi connectivity index (χ0v) is 16.4. The average Bonchev–Trinajstić information content (AvgIpc) is 2.73. The van der Waals surface area contributed by atoms with Gasteiger partial charge in [0.15, 0.2) is 0 Å². The van der Waals surface area contributed by atoms with Crippen molar-refractivity contribution in [2.24, 2.45) is 5.92 Å². The number of nitrogens with zero attached hydrogens (tertiary/aromatic N) is 2. The minimum Gasteiger partial charge on any atom is -0.497 e. The zero-order valence-electron chi connectivity index (χ0n) is 16.4. The summed E-state index contributed by atoms with van der Waals surface area (Å²) in [5.74, 6) is 1.06. The third-order valence-corrected chi connectivity index (χ3v) is 5.77. The van der Waals surface area contributed by atoms with Crippen molar-refractivity contribution < 1.29 is 19.1 Å². The smallest absolute Gasteiger partial charge is 0.227 e. The lowest BCUT2D eigenvalue weighted by atomic mass is 9.94. The van der Waals surface area contributed by atoms with Gasteiger partial charge in [-0.25, -0.2) is 0 Å². The van der Waals surface area contributed by atoms with E-state index in [2.05, 4.69) is 0 Å². The van der Waals surface area contributed by atoms with Crippen LogP contribution in [-0.4, -0.2) is 68.1 Å². The van der Waals surface area contributed by atoms with Gasteiger partial charge < -0.3 is 19.3 Å². The van der Waals surface area contributed by atoms with Gasteiger partial charge in [-0.3, -0.25) is 9.59 Å². The van der Waals surface area contributed by atoms with Crippen LogP contribution in [0.3, 0.4) is 0 Å². The number of amides is 2. The van der Waals surface area contributed by atoms with Crippen molar-refractivity contribution in [1.82, 2.24) is 9.80 Å². The monoisotopic (exact) mass is 374 g/mol. The molecular weight excluding hydrogens is 344 g/mol. The molecule has 0 N–H and O–H groups in total. The Morgan fingerprint density at radius 3 is 2.59 bits per heavy atom. The summed E-state index contributed by atoms with van der Waals surface area (Å²) in [6.45, 7) is 2.62. The van der Waals surface area contributed by atoms with Gasteiger partial charge in [0.2, 0.25) is 11.8 Å². The minimum atomic E-state index is -0.0913. The molecule has 1 atom stereocenters. The maximum atomic E-state index is 12.9. The van der Waals surface area contributed by atoms with E-state index < -0.39 is 0 Å². The molecule has 0 bridgehead atoms. The molecule has 0 unspecified atom stereocenters. The van der Waals surface area contributed by atoms with Gasteiger partial charge in [-0.1, -0.05) is 12.1 Å². The molecule has 0 radical (unpaired) electrons. The average molecular weight is 374 g/mol. The number of benzene rings is 1. The number of carbonyl (C=O) groups excluding carboxylic acids is 2. The minimum absolute atomic E-state index is 0.0913. The highest BCUT2D eigenvalue weighted by atomic mass is 16.5. The number of rotatable bonds is 6. The van der Waals surface area contributed by atoms with Crippen molar-refractivity contribution in [3.8, 4) is 5.75 Å². The topological polar surface area (TPSA) is 59.1 Å². The fraction of sp³-hybridized carbons (Fsp3) is 0.619. The number of hydrogen-bond acceptors (Lipinski definition) is 4. The fourth-order valence-corrected chi connectivity index (χ4v) is 3.93. The molecule has 2 heterocycles. The summed E-state index contributed by atoms with van der Waals surface area (Å²) in [5.41, 5.74) is 1.16. The van der Waals surface area contributed by atoms with Crippen LogP contribution in [0.5, 0.6) is 5.75 Å². The van der Waals surface area contributed by atoms with E-state index in [-0.39, 0.29) is 23.8 Å². The molecule has 2 fully saturated rings. The quantitative estimate of drug-likeness (QED) is 0.765. The largest absolute Gasteiger partial charge is 0.497 e. The predicted octanol–water partition coefficient (Wildman–Crippen LogP) is 2.11. The van der Waals surface area contributed by atoms with Crippen LogP contribution in [0.4, 0.5) is 0 Å². The molecule has 0 saturated carbocycles. The van der Waals surface area contributed by atoms with Crippen LogP contribution < -0.4 is 4.74 Å². The van der Waals surface area contributed by atoms with E-state index in [9.17, 15) is 9.59 Å². The SMILES string of the molecule is COc1ccc(CCN2C[C@H](C(=O)N(C)C3CCOCC3)CCC2=O)cc1. The molecule has 2 aliphatic rings. The van der Waals surface area contributed by atoms with E-state index in [1.165, 1.54) is 0 Å². The van der Waals surface area contributed by atoms with Crippen molar-refractivity contribution in [3.05, 3.63) is 29.8 Å². The highest BCUT2D eigenvalue weighted by Gasteiger charge is 2.33. The van der Waals surface area contributed by atoms with Crippen LogP contribution in [0.1, 0.15) is 31.2 Å². The Morgan fingerprint density at radius 1 is 1.22 bits per heavy atom. The number of likely N-dealkylation sites (tertiary alicyclic amines) is 1. The Morgan fingerprint density at radius 2 is 1.93 bits per heavy atom. The highest BCUT2D eigenvalue weighted by molar-refractivity contribution is 5.84. The molecule has 0 aliphatic carbocycles. The fourth-order valence-electron chi connectivity index (χ4n) is 3.93. The summed E-state index contributed by atoms with van der Waals surface area (Å²) in [4.78, 5) is 29.0. The Kier molecular flexibility index (Phi) is 6.72. The molecule has 27 heavy (non-hydrogen) atoms. The summed E-state index contributed by atoms with van der Waals surface area (Å²) in [7, 11) is 3.55. The second-order valence-corrected chi connectivity index (χ2v) is 7.47. The van der Waals surface area contributed by atoms with Gasteiger partial charge in [-0.05, 0) is 43.4 Å².